The Balaban J connectivity index is 2.81. The fourth-order valence-electron chi connectivity index (χ4n) is 1.27. The Hall–Kier alpha value is -1.58. The van der Waals surface area contributed by atoms with Gasteiger partial charge < -0.3 is 10.6 Å². The molecule has 0 fully saturated rings. The summed E-state index contributed by atoms with van der Waals surface area (Å²) in [5, 5.41) is 5.49. The molecule has 1 rings (SSSR count). The van der Waals surface area contributed by atoms with Crippen LogP contribution in [0.25, 0.3) is 0 Å². The lowest BCUT2D eigenvalue weighted by Gasteiger charge is -2.11. The summed E-state index contributed by atoms with van der Waals surface area (Å²) < 4.78 is 13.4. The van der Waals surface area contributed by atoms with Crippen LogP contribution in [0.15, 0.2) is 18.2 Å². The molecule has 0 spiro atoms. The second-order valence-corrected chi connectivity index (χ2v) is 3.73. The van der Waals surface area contributed by atoms with Gasteiger partial charge in [0.2, 0.25) is 0 Å². The molecular weight excluding hydrogens is 207 g/mol. The SMILES string of the molecule is CCC(C)NC(=O)c1ccc(NC)c(F)c1. The van der Waals surface area contributed by atoms with Gasteiger partial charge in [-0.25, -0.2) is 4.39 Å². The molecule has 0 aromatic heterocycles. The molecule has 0 bridgehead atoms. The molecule has 0 saturated carbocycles. The van der Waals surface area contributed by atoms with E-state index in [9.17, 15) is 9.18 Å². The first-order valence-electron chi connectivity index (χ1n) is 5.36. The van der Waals surface area contributed by atoms with Crippen molar-refractivity contribution in [2.24, 2.45) is 0 Å². The van der Waals surface area contributed by atoms with Crippen LogP contribution in [0, 0.1) is 5.82 Å². The van der Waals surface area contributed by atoms with Crippen molar-refractivity contribution in [1.82, 2.24) is 5.32 Å². The highest BCUT2D eigenvalue weighted by molar-refractivity contribution is 5.94. The zero-order valence-corrected chi connectivity index (χ0v) is 9.80. The minimum Gasteiger partial charge on any atom is -0.386 e. The molecule has 4 heteroatoms. The lowest BCUT2D eigenvalue weighted by Crippen LogP contribution is -2.31. The second kappa shape index (κ2) is 5.49. The van der Waals surface area contributed by atoms with Gasteiger partial charge in [-0.1, -0.05) is 6.92 Å². The highest BCUT2D eigenvalue weighted by atomic mass is 19.1. The van der Waals surface area contributed by atoms with Gasteiger partial charge >= 0.3 is 0 Å². The summed E-state index contributed by atoms with van der Waals surface area (Å²) >= 11 is 0. The van der Waals surface area contributed by atoms with Crippen LogP contribution in [0.2, 0.25) is 0 Å². The molecule has 1 unspecified atom stereocenters. The van der Waals surface area contributed by atoms with Gasteiger partial charge in [0, 0.05) is 18.7 Å². The maximum Gasteiger partial charge on any atom is 0.251 e. The van der Waals surface area contributed by atoms with Gasteiger partial charge in [0.05, 0.1) is 5.69 Å². The number of nitrogens with one attached hydrogen (secondary N) is 2. The van der Waals surface area contributed by atoms with Crippen LogP contribution < -0.4 is 10.6 Å². The Morgan fingerprint density at radius 2 is 2.19 bits per heavy atom. The number of hydrogen-bond donors (Lipinski definition) is 2. The summed E-state index contributed by atoms with van der Waals surface area (Å²) in [5.41, 5.74) is 0.733. The van der Waals surface area contributed by atoms with E-state index in [1.807, 2.05) is 13.8 Å². The Morgan fingerprint density at radius 1 is 1.50 bits per heavy atom. The lowest BCUT2D eigenvalue weighted by molar-refractivity contribution is 0.0939. The fraction of sp³-hybridized carbons (Fsp3) is 0.417. The Morgan fingerprint density at radius 3 is 2.69 bits per heavy atom. The number of carbonyl (C=O) groups excluding carboxylic acids is 1. The van der Waals surface area contributed by atoms with Crippen LogP contribution in [-0.2, 0) is 0 Å². The molecule has 88 valence electrons. The highest BCUT2D eigenvalue weighted by Gasteiger charge is 2.10. The number of rotatable bonds is 4. The highest BCUT2D eigenvalue weighted by Crippen LogP contribution is 2.15. The number of hydrogen-bond acceptors (Lipinski definition) is 2. The first-order chi connectivity index (χ1) is 7.58. The molecule has 1 aromatic rings. The molecule has 1 amide bonds. The van der Waals surface area contributed by atoms with Gasteiger partial charge in [-0.05, 0) is 31.5 Å². The van der Waals surface area contributed by atoms with Crippen LogP contribution in [-0.4, -0.2) is 19.0 Å². The number of benzene rings is 1. The number of amides is 1. The zero-order valence-electron chi connectivity index (χ0n) is 9.80. The summed E-state index contributed by atoms with van der Waals surface area (Å²) in [4.78, 5) is 11.7. The van der Waals surface area contributed by atoms with E-state index in [4.69, 9.17) is 0 Å². The normalized spacial score (nSPS) is 12.0. The van der Waals surface area contributed by atoms with E-state index in [0.29, 0.717) is 11.3 Å². The van der Waals surface area contributed by atoms with Crippen LogP contribution in [0.4, 0.5) is 10.1 Å². The van der Waals surface area contributed by atoms with E-state index in [1.54, 1.807) is 19.2 Å². The first-order valence-corrected chi connectivity index (χ1v) is 5.36. The van der Waals surface area contributed by atoms with E-state index in [2.05, 4.69) is 10.6 Å². The Labute approximate surface area is 95.0 Å². The van der Waals surface area contributed by atoms with Gasteiger partial charge in [-0.15, -0.1) is 0 Å². The minimum absolute atomic E-state index is 0.0968. The Bertz CT molecular complexity index is 379. The molecule has 0 saturated heterocycles. The average molecular weight is 224 g/mol. The predicted molar refractivity (Wildman–Crippen MR) is 63.2 cm³/mol. The quantitative estimate of drug-likeness (QED) is 0.824. The smallest absolute Gasteiger partial charge is 0.251 e. The number of carbonyl (C=O) groups is 1. The van der Waals surface area contributed by atoms with Crippen LogP contribution in [0.3, 0.4) is 0 Å². The van der Waals surface area contributed by atoms with E-state index in [1.165, 1.54) is 6.07 Å². The van der Waals surface area contributed by atoms with Crippen molar-refractivity contribution in [2.75, 3.05) is 12.4 Å². The molecule has 2 N–H and O–H groups in total. The third kappa shape index (κ3) is 2.95. The zero-order chi connectivity index (χ0) is 12.1. The van der Waals surface area contributed by atoms with Crippen LogP contribution in [0.5, 0.6) is 0 Å². The Kier molecular flexibility index (Phi) is 4.28. The van der Waals surface area contributed by atoms with E-state index < -0.39 is 5.82 Å². The molecule has 16 heavy (non-hydrogen) atoms. The van der Waals surface area contributed by atoms with E-state index in [0.717, 1.165) is 6.42 Å². The third-order valence-corrected chi connectivity index (χ3v) is 2.49. The second-order valence-electron chi connectivity index (χ2n) is 3.73. The van der Waals surface area contributed by atoms with Crippen molar-refractivity contribution in [2.45, 2.75) is 26.3 Å². The van der Waals surface area contributed by atoms with Crippen molar-refractivity contribution >= 4 is 11.6 Å². The van der Waals surface area contributed by atoms with Crippen LogP contribution in [0.1, 0.15) is 30.6 Å². The molecule has 3 nitrogen and oxygen atoms in total. The van der Waals surface area contributed by atoms with Crippen LogP contribution >= 0.6 is 0 Å². The van der Waals surface area contributed by atoms with Crippen molar-refractivity contribution in [3.8, 4) is 0 Å². The fourth-order valence-corrected chi connectivity index (χ4v) is 1.27. The van der Waals surface area contributed by atoms with Gasteiger partial charge in [-0.3, -0.25) is 4.79 Å². The third-order valence-electron chi connectivity index (χ3n) is 2.49. The summed E-state index contributed by atoms with van der Waals surface area (Å²) in [6.45, 7) is 3.89. The van der Waals surface area contributed by atoms with E-state index >= 15 is 0 Å². The summed E-state index contributed by atoms with van der Waals surface area (Å²) in [5.74, 6) is -0.657. The van der Waals surface area contributed by atoms with Crippen molar-refractivity contribution in [1.29, 1.82) is 0 Å². The van der Waals surface area contributed by atoms with Gasteiger partial charge in [0.15, 0.2) is 0 Å². The van der Waals surface area contributed by atoms with Gasteiger partial charge in [-0.2, -0.15) is 0 Å². The molecule has 0 radical (unpaired) electrons. The predicted octanol–water partition coefficient (Wildman–Crippen LogP) is 2.40. The number of anilines is 1. The van der Waals surface area contributed by atoms with Crippen molar-refractivity contribution in [3.05, 3.63) is 29.6 Å². The topological polar surface area (TPSA) is 41.1 Å². The summed E-state index contributed by atoms with van der Waals surface area (Å²) in [6.07, 6.45) is 0.850. The van der Waals surface area contributed by atoms with Gasteiger partial charge in [0.1, 0.15) is 5.82 Å². The maximum absolute atomic E-state index is 13.4. The number of halogens is 1. The molecule has 0 aliphatic rings. The average Bonchev–Trinajstić information content (AvgIpc) is 2.28. The first kappa shape index (κ1) is 12.5. The standard InChI is InChI=1S/C12H17FN2O/c1-4-8(2)15-12(16)9-5-6-11(14-3)10(13)7-9/h5-8,14H,4H2,1-3H3,(H,15,16). The summed E-state index contributed by atoms with van der Waals surface area (Å²) in [7, 11) is 1.64. The van der Waals surface area contributed by atoms with E-state index in [-0.39, 0.29) is 11.9 Å². The molecule has 0 heterocycles. The monoisotopic (exact) mass is 224 g/mol. The molecule has 1 aromatic carbocycles. The molecule has 1 atom stereocenters. The summed E-state index contributed by atoms with van der Waals surface area (Å²) in [6, 6.07) is 4.50. The maximum atomic E-state index is 13.4. The lowest BCUT2D eigenvalue weighted by atomic mass is 10.1. The molecule has 0 aliphatic carbocycles. The van der Waals surface area contributed by atoms with Crippen molar-refractivity contribution < 1.29 is 9.18 Å². The molecule has 0 aliphatic heterocycles. The van der Waals surface area contributed by atoms with Gasteiger partial charge in [0.25, 0.3) is 5.91 Å². The van der Waals surface area contributed by atoms with Crippen molar-refractivity contribution in [3.63, 3.8) is 0 Å². The largest absolute Gasteiger partial charge is 0.386 e. The molecular formula is C12H17FN2O. The minimum atomic E-state index is -0.417.